The molecule has 94 valence electrons. The monoisotopic (exact) mass is 227 g/mol. The number of hydrogen-bond acceptors (Lipinski definition) is 2. The third kappa shape index (κ3) is 4.12. The van der Waals surface area contributed by atoms with Crippen molar-refractivity contribution in [2.75, 3.05) is 6.54 Å². The maximum Gasteiger partial charge on any atom is 0.220 e. The van der Waals surface area contributed by atoms with E-state index in [-0.39, 0.29) is 12.0 Å². The molecule has 0 aromatic rings. The van der Waals surface area contributed by atoms with Crippen LogP contribution in [0, 0.1) is 5.41 Å². The van der Waals surface area contributed by atoms with Crippen molar-refractivity contribution >= 4 is 5.91 Å². The van der Waals surface area contributed by atoms with Crippen LogP contribution in [0.3, 0.4) is 0 Å². The molecule has 16 heavy (non-hydrogen) atoms. The topological polar surface area (TPSA) is 49.3 Å². The molecule has 0 aromatic carbocycles. The molecule has 1 amide bonds. The minimum absolute atomic E-state index is 0.0839. The van der Waals surface area contributed by atoms with Gasteiger partial charge in [0.15, 0.2) is 0 Å². The Bertz CT molecular complexity index is 220. The Morgan fingerprint density at radius 2 is 2.06 bits per heavy atom. The lowest BCUT2D eigenvalue weighted by molar-refractivity contribution is -0.122. The largest absolute Gasteiger partial charge is 0.393 e. The lowest BCUT2D eigenvalue weighted by Gasteiger charge is -2.27. The fourth-order valence-electron chi connectivity index (χ4n) is 2.49. The molecule has 3 heteroatoms. The van der Waals surface area contributed by atoms with E-state index in [0.717, 1.165) is 13.0 Å². The molecule has 1 aliphatic rings. The molecule has 0 aromatic heterocycles. The van der Waals surface area contributed by atoms with E-state index in [4.69, 9.17) is 5.11 Å². The van der Waals surface area contributed by atoms with Crippen molar-refractivity contribution in [1.82, 2.24) is 5.32 Å². The number of hydrogen-bond donors (Lipinski definition) is 2. The fraction of sp³-hybridized carbons (Fsp3) is 0.923. The summed E-state index contributed by atoms with van der Waals surface area (Å²) in [6.07, 6.45) is 6.89. The Morgan fingerprint density at radius 3 is 2.56 bits per heavy atom. The summed E-state index contributed by atoms with van der Waals surface area (Å²) in [7, 11) is 0. The van der Waals surface area contributed by atoms with E-state index in [1.807, 2.05) is 0 Å². The first kappa shape index (κ1) is 13.5. The van der Waals surface area contributed by atoms with Gasteiger partial charge < -0.3 is 10.4 Å². The Balaban J connectivity index is 2.24. The number of nitrogens with one attached hydrogen (secondary N) is 1. The van der Waals surface area contributed by atoms with Crippen molar-refractivity contribution in [2.45, 2.75) is 64.9 Å². The zero-order valence-corrected chi connectivity index (χ0v) is 10.6. The molecular weight excluding hydrogens is 202 g/mol. The lowest BCUT2D eigenvalue weighted by Crippen LogP contribution is -2.35. The highest BCUT2D eigenvalue weighted by atomic mass is 16.3. The van der Waals surface area contributed by atoms with Gasteiger partial charge in [-0.05, 0) is 38.0 Å². The SMILES string of the molecule is CCC1(CNC(=O)CCC(C)O)CCCC1. The van der Waals surface area contributed by atoms with Gasteiger partial charge in [-0.2, -0.15) is 0 Å². The summed E-state index contributed by atoms with van der Waals surface area (Å²) in [6, 6.07) is 0. The van der Waals surface area contributed by atoms with Crippen molar-refractivity contribution in [2.24, 2.45) is 5.41 Å². The van der Waals surface area contributed by atoms with Gasteiger partial charge in [0.05, 0.1) is 6.10 Å². The quantitative estimate of drug-likeness (QED) is 0.731. The van der Waals surface area contributed by atoms with Crippen LogP contribution in [0.2, 0.25) is 0 Å². The van der Waals surface area contributed by atoms with E-state index in [2.05, 4.69) is 12.2 Å². The average molecular weight is 227 g/mol. The first-order valence-corrected chi connectivity index (χ1v) is 6.53. The highest BCUT2D eigenvalue weighted by Crippen LogP contribution is 2.40. The predicted octanol–water partition coefficient (Wildman–Crippen LogP) is 2.23. The average Bonchev–Trinajstić information content (AvgIpc) is 2.73. The standard InChI is InChI=1S/C13H25NO2/c1-3-13(8-4-5-9-13)10-14-12(16)7-6-11(2)15/h11,15H,3-10H2,1-2H3,(H,14,16). The summed E-state index contributed by atoms with van der Waals surface area (Å²) in [5, 5.41) is 12.1. The van der Waals surface area contributed by atoms with Gasteiger partial charge in [0.25, 0.3) is 0 Å². The van der Waals surface area contributed by atoms with E-state index < -0.39 is 0 Å². The molecular formula is C13H25NO2. The van der Waals surface area contributed by atoms with Crippen molar-refractivity contribution in [3.8, 4) is 0 Å². The molecule has 0 bridgehead atoms. The van der Waals surface area contributed by atoms with E-state index in [1.165, 1.54) is 25.7 Å². The summed E-state index contributed by atoms with van der Waals surface area (Å²) in [5.41, 5.74) is 0.362. The van der Waals surface area contributed by atoms with Crippen molar-refractivity contribution in [1.29, 1.82) is 0 Å². The molecule has 1 aliphatic carbocycles. The van der Waals surface area contributed by atoms with Crippen LogP contribution in [0.5, 0.6) is 0 Å². The second-order valence-corrected chi connectivity index (χ2v) is 5.23. The minimum atomic E-state index is -0.377. The van der Waals surface area contributed by atoms with Gasteiger partial charge in [-0.1, -0.05) is 19.8 Å². The molecule has 1 atom stereocenters. The fourth-order valence-corrected chi connectivity index (χ4v) is 2.49. The van der Waals surface area contributed by atoms with Crippen LogP contribution in [-0.2, 0) is 4.79 Å². The van der Waals surface area contributed by atoms with Crippen LogP contribution in [0.15, 0.2) is 0 Å². The number of carbonyl (C=O) groups excluding carboxylic acids is 1. The molecule has 2 N–H and O–H groups in total. The van der Waals surface area contributed by atoms with Crippen molar-refractivity contribution < 1.29 is 9.90 Å². The highest BCUT2D eigenvalue weighted by molar-refractivity contribution is 5.75. The summed E-state index contributed by atoms with van der Waals surface area (Å²) < 4.78 is 0. The van der Waals surface area contributed by atoms with Gasteiger partial charge in [0, 0.05) is 13.0 Å². The molecule has 1 rings (SSSR count). The van der Waals surface area contributed by atoms with Crippen LogP contribution in [0.1, 0.15) is 58.8 Å². The van der Waals surface area contributed by atoms with Gasteiger partial charge in [-0.15, -0.1) is 0 Å². The second kappa shape index (κ2) is 6.24. The number of amides is 1. The second-order valence-electron chi connectivity index (χ2n) is 5.23. The van der Waals surface area contributed by atoms with Crippen LogP contribution in [-0.4, -0.2) is 23.7 Å². The molecule has 0 saturated heterocycles. The van der Waals surface area contributed by atoms with Crippen LogP contribution in [0.4, 0.5) is 0 Å². The molecule has 0 spiro atoms. The highest BCUT2D eigenvalue weighted by Gasteiger charge is 2.31. The van der Waals surface area contributed by atoms with E-state index >= 15 is 0 Å². The maximum atomic E-state index is 11.5. The van der Waals surface area contributed by atoms with Crippen LogP contribution in [0.25, 0.3) is 0 Å². The Morgan fingerprint density at radius 1 is 1.44 bits per heavy atom. The summed E-state index contributed by atoms with van der Waals surface area (Å²) in [4.78, 5) is 11.5. The van der Waals surface area contributed by atoms with E-state index in [1.54, 1.807) is 6.92 Å². The van der Waals surface area contributed by atoms with Crippen molar-refractivity contribution in [3.05, 3.63) is 0 Å². The van der Waals surface area contributed by atoms with E-state index in [9.17, 15) is 4.79 Å². The molecule has 1 saturated carbocycles. The lowest BCUT2D eigenvalue weighted by atomic mass is 9.83. The van der Waals surface area contributed by atoms with Gasteiger partial charge >= 0.3 is 0 Å². The number of carbonyl (C=O) groups is 1. The number of aliphatic hydroxyl groups excluding tert-OH is 1. The third-order valence-electron chi connectivity index (χ3n) is 3.86. The Hall–Kier alpha value is -0.570. The Kier molecular flexibility index (Phi) is 5.26. The van der Waals surface area contributed by atoms with Crippen LogP contribution >= 0.6 is 0 Å². The Labute approximate surface area is 98.6 Å². The van der Waals surface area contributed by atoms with Gasteiger partial charge in [-0.3, -0.25) is 4.79 Å². The maximum absolute atomic E-state index is 11.5. The minimum Gasteiger partial charge on any atom is -0.393 e. The van der Waals surface area contributed by atoms with Crippen LogP contribution < -0.4 is 5.32 Å². The first-order valence-electron chi connectivity index (χ1n) is 6.53. The molecule has 0 radical (unpaired) electrons. The van der Waals surface area contributed by atoms with Gasteiger partial charge in [-0.25, -0.2) is 0 Å². The zero-order chi connectivity index (χ0) is 12.0. The number of aliphatic hydroxyl groups is 1. The number of rotatable bonds is 6. The van der Waals surface area contributed by atoms with Gasteiger partial charge in [0.1, 0.15) is 0 Å². The summed E-state index contributed by atoms with van der Waals surface area (Å²) >= 11 is 0. The smallest absolute Gasteiger partial charge is 0.220 e. The molecule has 1 fully saturated rings. The van der Waals surface area contributed by atoms with Gasteiger partial charge in [0.2, 0.25) is 5.91 Å². The van der Waals surface area contributed by atoms with E-state index in [0.29, 0.717) is 18.3 Å². The molecule has 0 heterocycles. The van der Waals surface area contributed by atoms with Crippen molar-refractivity contribution in [3.63, 3.8) is 0 Å². The summed E-state index contributed by atoms with van der Waals surface area (Å²) in [5.74, 6) is 0.0839. The molecule has 0 aliphatic heterocycles. The summed E-state index contributed by atoms with van der Waals surface area (Å²) in [6.45, 7) is 4.76. The first-order chi connectivity index (χ1) is 7.58. The third-order valence-corrected chi connectivity index (χ3v) is 3.86. The molecule has 3 nitrogen and oxygen atoms in total. The zero-order valence-electron chi connectivity index (χ0n) is 10.6. The molecule has 1 unspecified atom stereocenters. The predicted molar refractivity (Wildman–Crippen MR) is 65.1 cm³/mol. The normalized spacial score (nSPS) is 20.7.